The minimum absolute atomic E-state index is 0.356. The lowest BCUT2D eigenvalue weighted by molar-refractivity contribution is -0.392. The predicted molar refractivity (Wildman–Crippen MR) is 90.7 cm³/mol. The third-order valence-electron chi connectivity index (χ3n) is 7.21. The molecule has 27 heavy (non-hydrogen) atoms. The second-order valence-electron chi connectivity index (χ2n) is 9.31. The van der Waals surface area contributed by atoms with Crippen molar-refractivity contribution < 1.29 is 33.6 Å². The number of esters is 2. The van der Waals surface area contributed by atoms with Gasteiger partial charge in [-0.05, 0) is 43.9 Å². The summed E-state index contributed by atoms with van der Waals surface area (Å²) in [5, 5.41) is 0. The van der Waals surface area contributed by atoms with Crippen molar-refractivity contribution in [3.05, 3.63) is 0 Å². The average molecular weight is 380 g/mol. The molecule has 1 heterocycles. The summed E-state index contributed by atoms with van der Waals surface area (Å²) in [5.74, 6) is -0.139. The summed E-state index contributed by atoms with van der Waals surface area (Å²) in [6.07, 6.45) is 6.29. The molecule has 0 aromatic rings. The van der Waals surface area contributed by atoms with E-state index in [9.17, 15) is 9.59 Å². The fourth-order valence-corrected chi connectivity index (χ4v) is 6.65. The number of rotatable bonds is 2. The van der Waals surface area contributed by atoms with E-state index in [4.69, 9.17) is 24.0 Å². The molecule has 7 heteroatoms. The van der Waals surface area contributed by atoms with Crippen molar-refractivity contribution >= 4 is 11.9 Å². The monoisotopic (exact) mass is 380 g/mol. The third-order valence-corrected chi connectivity index (χ3v) is 7.21. The van der Waals surface area contributed by atoms with Crippen molar-refractivity contribution in [3.8, 4) is 0 Å². The predicted octanol–water partition coefficient (Wildman–Crippen LogP) is 2.86. The average Bonchev–Trinajstić information content (AvgIpc) is 2.90. The fraction of sp³-hybridized carbons (Fsp3) is 0.900. The van der Waals surface area contributed by atoms with Crippen molar-refractivity contribution in [1.82, 2.24) is 0 Å². The SMILES string of the molecule is CC(=O)OC1CC(OC(C)=O)CC2(C1)OOC1(O2)C2CC3CC(C2)CC1C3. The van der Waals surface area contributed by atoms with Crippen LogP contribution >= 0.6 is 0 Å². The molecule has 4 bridgehead atoms. The molecule has 1 saturated heterocycles. The molecule has 0 aromatic carbocycles. The van der Waals surface area contributed by atoms with Crippen LogP contribution in [-0.2, 0) is 33.6 Å². The molecule has 6 fully saturated rings. The number of carbonyl (C=O) groups is 2. The van der Waals surface area contributed by atoms with Crippen molar-refractivity contribution in [3.63, 3.8) is 0 Å². The van der Waals surface area contributed by atoms with E-state index in [2.05, 4.69) is 0 Å². The van der Waals surface area contributed by atoms with Crippen LogP contribution in [0.5, 0.6) is 0 Å². The van der Waals surface area contributed by atoms with Crippen LogP contribution in [-0.4, -0.2) is 35.7 Å². The van der Waals surface area contributed by atoms with Gasteiger partial charge in [0.25, 0.3) is 0 Å². The molecule has 2 atom stereocenters. The summed E-state index contributed by atoms with van der Waals surface area (Å²) in [6.45, 7) is 2.77. The minimum atomic E-state index is -1.02. The molecule has 2 unspecified atom stereocenters. The Hall–Kier alpha value is -1.18. The second-order valence-corrected chi connectivity index (χ2v) is 9.31. The molecule has 2 spiro atoms. The molecule has 6 aliphatic rings. The maximum Gasteiger partial charge on any atom is 0.302 e. The molecule has 1 aliphatic heterocycles. The van der Waals surface area contributed by atoms with E-state index >= 15 is 0 Å². The lowest BCUT2D eigenvalue weighted by Crippen LogP contribution is -2.59. The van der Waals surface area contributed by atoms with Gasteiger partial charge >= 0.3 is 11.9 Å². The van der Waals surface area contributed by atoms with E-state index < -0.39 is 23.8 Å². The molecule has 0 aromatic heterocycles. The van der Waals surface area contributed by atoms with Crippen LogP contribution < -0.4 is 0 Å². The third kappa shape index (κ3) is 2.98. The summed E-state index contributed by atoms with van der Waals surface area (Å²) in [6, 6.07) is 0. The topological polar surface area (TPSA) is 80.3 Å². The fourth-order valence-electron chi connectivity index (χ4n) is 6.65. The lowest BCUT2D eigenvalue weighted by atomic mass is 9.53. The zero-order chi connectivity index (χ0) is 18.8. The zero-order valence-corrected chi connectivity index (χ0v) is 16.0. The maximum absolute atomic E-state index is 11.5. The Morgan fingerprint density at radius 2 is 1.30 bits per heavy atom. The smallest absolute Gasteiger partial charge is 0.302 e. The second kappa shape index (κ2) is 6.16. The van der Waals surface area contributed by atoms with E-state index in [0.29, 0.717) is 31.1 Å². The number of hydrogen-bond donors (Lipinski definition) is 0. The van der Waals surface area contributed by atoms with Crippen molar-refractivity contribution in [2.45, 2.75) is 89.0 Å². The van der Waals surface area contributed by atoms with Gasteiger partial charge in [0.05, 0.1) is 0 Å². The number of carbonyl (C=O) groups excluding carboxylic acids is 2. The highest BCUT2D eigenvalue weighted by Gasteiger charge is 2.67. The molecule has 7 nitrogen and oxygen atoms in total. The molecule has 0 N–H and O–H groups in total. The van der Waals surface area contributed by atoms with Gasteiger partial charge in [0.2, 0.25) is 11.6 Å². The molecule has 0 radical (unpaired) electrons. The first-order valence-corrected chi connectivity index (χ1v) is 10.3. The molecule has 5 saturated carbocycles. The highest BCUT2D eigenvalue weighted by Crippen LogP contribution is 2.63. The molecule has 6 rings (SSSR count). The van der Waals surface area contributed by atoms with Crippen LogP contribution in [0.2, 0.25) is 0 Å². The Bertz CT molecular complexity index is 592. The lowest BCUT2D eigenvalue weighted by Gasteiger charge is -2.57. The van der Waals surface area contributed by atoms with Gasteiger partial charge in [-0.2, -0.15) is 9.78 Å². The quantitative estimate of drug-likeness (QED) is 0.538. The molecule has 0 amide bonds. The van der Waals surface area contributed by atoms with Gasteiger partial charge in [-0.3, -0.25) is 9.59 Å². The Kier molecular flexibility index (Phi) is 4.08. The van der Waals surface area contributed by atoms with Gasteiger partial charge in [-0.25, -0.2) is 0 Å². The van der Waals surface area contributed by atoms with E-state index in [1.165, 1.54) is 20.3 Å². The Labute approximate surface area is 158 Å². The summed E-state index contributed by atoms with van der Waals surface area (Å²) in [7, 11) is 0. The van der Waals surface area contributed by atoms with E-state index in [1.54, 1.807) is 0 Å². The first-order valence-electron chi connectivity index (χ1n) is 10.3. The molecular weight excluding hydrogens is 352 g/mol. The van der Waals surface area contributed by atoms with Crippen LogP contribution in [0.25, 0.3) is 0 Å². The Balaban J connectivity index is 1.38. The number of ether oxygens (including phenoxy) is 3. The van der Waals surface area contributed by atoms with Crippen LogP contribution in [0.1, 0.15) is 65.2 Å². The van der Waals surface area contributed by atoms with Crippen LogP contribution in [0.4, 0.5) is 0 Å². The van der Waals surface area contributed by atoms with Crippen LogP contribution in [0, 0.1) is 23.7 Å². The van der Waals surface area contributed by atoms with Gasteiger partial charge < -0.3 is 14.2 Å². The Morgan fingerprint density at radius 1 is 0.778 bits per heavy atom. The summed E-state index contributed by atoms with van der Waals surface area (Å²) in [4.78, 5) is 34.9. The normalized spacial score (nSPS) is 50.3. The summed E-state index contributed by atoms with van der Waals surface area (Å²) < 4.78 is 17.5. The van der Waals surface area contributed by atoms with Crippen molar-refractivity contribution in [2.24, 2.45) is 23.7 Å². The largest absolute Gasteiger partial charge is 0.462 e. The van der Waals surface area contributed by atoms with Gasteiger partial charge in [-0.1, -0.05) is 0 Å². The van der Waals surface area contributed by atoms with Crippen LogP contribution in [0.15, 0.2) is 0 Å². The van der Waals surface area contributed by atoms with E-state index in [0.717, 1.165) is 37.5 Å². The molecular formula is C20H28O7. The van der Waals surface area contributed by atoms with Gasteiger partial charge in [0.1, 0.15) is 12.2 Å². The number of hydrogen-bond acceptors (Lipinski definition) is 7. The summed E-state index contributed by atoms with van der Waals surface area (Å²) in [5.41, 5.74) is 0. The van der Waals surface area contributed by atoms with E-state index in [1.807, 2.05) is 0 Å². The minimum Gasteiger partial charge on any atom is -0.462 e. The van der Waals surface area contributed by atoms with Gasteiger partial charge in [0, 0.05) is 44.9 Å². The first-order chi connectivity index (χ1) is 12.9. The van der Waals surface area contributed by atoms with Crippen molar-refractivity contribution in [1.29, 1.82) is 0 Å². The van der Waals surface area contributed by atoms with Gasteiger partial charge in [0.15, 0.2) is 0 Å². The first kappa shape index (κ1) is 17.9. The standard InChI is InChI=1S/C20H28O7/c1-11(21)23-17-8-18(24-12(2)22)10-19(9-17)25-20(27-26-19)15-4-13-3-14(6-15)7-16(20)5-13/h13-18H,3-10H2,1-2H3. The van der Waals surface area contributed by atoms with E-state index in [-0.39, 0.29) is 11.9 Å². The molecule has 5 aliphatic carbocycles. The highest BCUT2D eigenvalue weighted by molar-refractivity contribution is 5.66. The summed E-state index contributed by atoms with van der Waals surface area (Å²) >= 11 is 0. The van der Waals surface area contributed by atoms with Crippen LogP contribution in [0.3, 0.4) is 0 Å². The Morgan fingerprint density at radius 3 is 1.78 bits per heavy atom. The zero-order valence-electron chi connectivity index (χ0n) is 16.0. The molecule has 150 valence electrons. The maximum atomic E-state index is 11.5. The van der Waals surface area contributed by atoms with Gasteiger partial charge in [-0.15, -0.1) is 0 Å². The highest BCUT2D eigenvalue weighted by atomic mass is 17.3. The van der Waals surface area contributed by atoms with Crippen molar-refractivity contribution in [2.75, 3.05) is 0 Å².